The van der Waals surface area contributed by atoms with Gasteiger partial charge in [0.15, 0.2) is 0 Å². The topological polar surface area (TPSA) is 99.5 Å². The number of amides is 2. The largest absolute Gasteiger partial charge is 0.465 e. The summed E-state index contributed by atoms with van der Waals surface area (Å²) < 4.78 is 4.70. The van der Waals surface area contributed by atoms with E-state index >= 15 is 0 Å². The van der Waals surface area contributed by atoms with Gasteiger partial charge in [-0.25, -0.2) is 4.79 Å². The minimum absolute atomic E-state index is 0.0262. The fraction of sp³-hybridized carbons (Fsp3) is 0.429. The number of nitrogens with zero attached hydrogens (tertiary/aromatic N) is 2. The number of rotatable bonds is 5. The van der Waals surface area contributed by atoms with Crippen LogP contribution in [0.4, 0.5) is 0 Å². The van der Waals surface area contributed by atoms with Crippen LogP contribution in [-0.2, 0) is 14.3 Å². The predicted octanol–water partition coefficient (Wildman–Crippen LogP) is 2.56. The molecule has 0 radical (unpaired) electrons. The number of nitriles is 1. The Bertz CT molecular complexity index is 867. The molecule has 1 atom stereocenters. The van der Waals surface area contributed by atoms with Gasteiger partial charge < -0.3 is 15.0 Å². The number of hydrogen-bond donors (Lipinski definition) is 1. The van der Waals surface area contributed by atoms with Crippen LogP contribution in [0.5, 0.6) is 0 Å². The number of likely N-dealkylation sites (tertiary alicyclic amines) is 1. The Morgan fingerprint density at radius 1 is 1.24 bits per heavy atom. The molecule has 1 aromatic rings. The maximum atomic E-state index is 12.4. The van der Waals surface area contributed by atoms with Gasteiger partial charge in [-0.1, -0.05) is 23.9 Å². The Labute approximate surface area is 174 Å². The lowest BCUT2D eigenvalue weighted by atomic mass is 9.87. The second-order valence-electron chi connectivity index (χ2n) is 7.00. The van der Waals surface area contributed by atoms with Gasteiger partial charge >= 0.3 is 5.97 Å². The Kier molecular flexibility index (Phi) is 6.94. The molecule has 2 aliphatic heterocycles. The summed E-state index contributed by atoms with van der Waals surface area (Å²) in [6.07, 6.45) is 3.32. The van der Waals surface area contributed by atoms with Crippen molar-refractivity contribution in [3.05, 3.63) is 46.0 Å². The highest BCUT2D eigenvalue weighted by molar-refractivity contribution is 8.03. The zero-order valence-corrected chi connectivity index (χ0v) is 17.1. The molecule has 0 bridgehead atoms. The number of carbonyl (C=O) groups excluding carboxylic acids is 3. The van der Waals surface area contributed by atoms with Gasteiger partial charge in [0.2, 0.25) is 11.8 Å². The highest BCUT2D eigenvalue weighted by atomic mass is 32.2. The number of ether oxygens (including phenoxy) is 1. The second-order valence-corrected chi connectivity index (χ2v) is 7.99. The summed E-state index contributed by atoms with van der Waals surface area (Å²) in [7, 11) is 1.31. The van der Waals surface area contributed by atoms with E-state index in [2.05, 4.69) is 11.4 Å². The van der Waals surface area contributed by atoms with Crippen molar-refractivity contribution in [2.45, 2.75) is 31.6 Å². The fourth-order valence-electron chi connectivity index (χ4n) is 3.56. The first-order chi connectivity index (χ1) is 14.0. The van der Waals surface area contributed by atoms with Gasteiger partial charge in [0, 0.05) is 25.4 Å². The van der Waals surface area contributed by atoms with Crippen molar-refractivity contribution in [3.63, 3.8) is 0 Å². The van der Waals surface area contributed by atoms with Gasteiger partial charge in [-0.3, -0.25) is 9.59 Å². The third-order valence-electron chi connectivity index (χ3n) is 5.14. The molecule has 152 valence electrons. The molecule has 1 fully saturated rings. The number of carbonyl (C=O) groups is 3. The number of hydrogen-bond acceptors (Lipinski definition) is 6. The summed E-state index contributed by atoms with van der Waals surface area (Å²) in [5.41, 5.74) is 1.61. The van der Waals surface area contributed by atoms with Crippen LogP contribution in [0.1, 0.15) is 47.5 Å². The third kappa shape index (κ3) is 4.98. The lowest BCUT2D eigenvalue weighted by Crippen LogP contribution is -2.37. The number of methoxy groups -OCH3 is 1. The van der Waals surface area contributed by atoms with Crippen molar-refractivity contribution in [3.8, 4) is 6.07 Å². The van der Waals surface area contributed by atoms with Crippen LogP contribution in [0.3, 0.4) is 0 Å². The Morgan fingerprint density at radius 2 is 1.93 bits per heavy atom. The number of nitrogens with one attached hydrogen (secondary N) is 1. The van der Waals surface area contributed by atoms with Gasteiger partial charge in [0.25, 0.3) is 0 Å². The summed E-state index contributed by atoms with van der Waals surface area (Å²) in [6, 6.07) is 8.90. The average Bonchev–Trinajstić information content (AvgIpc) is 2.77. The molecule has 3 rings (SSSR count). The molecular weight excluding hydrogens is 390 g/mol. The Morgan fingerprint density at radius 3 is 2.55 bits per heavy atom. The summed E-state index contributed by atoms with van der Waals surface area (Å²) in [5, 5.41) is 12.9. The van der Waals surface area contributed by atoms with Crippen molar-refractivity contribution >= 4 is 29.5 Å². The van der Waals surface area contributed by atoms with Gasteiger partial charge in [-0.2, -0.15) is 5.26 Å². The number of esters is 1. The second kappa shape index (κ2) is 9.61. The fourth-order valence-corrected chi connectivity index (χ4v) is 4.54. The SMILES string of the molecule is COC(=O)c1ccc([C@@H]2CC(=O)NC(SCC(=O)N3CCCCC3)=C2C#N)cc1. The summed E-state index contributed by atoms with van der Waals surface area (Å²) in [4.78, 5) is 38.2. The van der Waals surface area contributed by atoms with E-state index in [0.717, 1.165) is 37.9 Å². The minimum atomic E-state index is -0.443. The molecule has 2 amide bonds. The molecule has 0 saturated carbocycles. The van der Waals surface area contributed by atoms with Crippen molar-refractivity contribution in [2.24, 2.45) is 0 Å². The lowest BCUT2D eigenvalue weighted by Gasteiger charge is -2.28. The van der Waals surface area contributed by atoms with Crippen molar-refractivity contribution in [1.29, 1.82) is 5.26 Å². The van der Waals surface area contributed by atoms with Crippen molar-refractivity contribution in [2.75, 3.05) is 26.0 Å². The lowest BCUT2D eigenvalue weighted by molar-refractivity contribution is -0.129. The normalized spacial score (nSPS) is 19.4. The molecule has 2 aliphatic rings. The van der Waals surface area contributed by atoms with E-state index in [4.69, 9.17) is 4.74 Å². The summed E-state index contributed by atoms with van der Waals surface area (Å²) in [6.45, 7) is 1.54. The molecule has 29 heavy (non-hydrogen) atoms. The molecule has 1 N–H and O–H groups in total. The molecule has 0 aliphatic carbocycles. The van der Waals surface area contributed by atoms with Crippen LogP contribution in [0, 0.1) is 11.3 Å². The van der Waals surface area contributed by atoms with Crippen LogP contribution >= 0.6 is 11.8 Å². The predicted molar refractivity (Wildman–Crippen MR) is 109 cm³/mol. The Hall–Kier alpha value is -2.79. The van der Waals surface area contributed by atoms with Crippen LogP contribution in [-0.4, -0.2) is 48.6 Å². The van der Waals surface area contributed by atoms with Crippen LogP contribution in [0.25, 0.3) is 0 Å². The first-order valence-electron chi connectivity index (χ1n) is 9.56. The highest BCUT2D eigenvalue weighted by Crippen LogP contribution is 2.36. The van der Waals surface area contributed by atoms with E-state index in [-0.39, 0.29) is 24.0 Å². The maximum absolute atomic E-state index is 12.4. The minimum Gasteiger partial charge on any atom is -0.465 e. The Balaban J connectivity index is 1.77. The van der Waals surface area contributed by atoms with Crippen LogP contribution in [0.15, 0.2) is 34.9 Å². The molecule has 0 unspecified atom stereocenters. The van der Waals surface area contributed by atoms with Gasteiger partial charge in [0.05, 0.1) is 35.1 Å². The molecule has 0 aromatic heterocycles. The monoisotopic (exact) mass is 413 g/mol. The van der Waals surface area contributed by atoms with Crippen molar-refractivity contribution < 1.29 is 19.1 Å². The molecule has 2 heterocycles. The molecule has 7 nitrogen and oxygen atoms in total. The molecule has 0 spiro atoms. The van der Waals surface area contributed by atoms with Crippen LogP contribution in [0.2, 0.25) is 0 Å². The smallest absolute Gasteiger partial charge is 0.337 e. The van der Waals surface area contributed by atoms with Gasteiger partial charge in [-0.15, -0.1) is 0 Å². The summed E-state index contributed by atoms with van der Waals surface area (Å²) >= 11 is 1.21. The van der Waals surface area contributed by atoms with Crippen molar-refractivity contribution in [1.82, 2.24) is 10.2 Å². The van der Waals surface area contributed by atoms with E-state index in [0.29, 0.717) is 16.2 Å². The number of piperidine rings is 1. The number of allylic oxidation sites excluding steroid dienone is 1. The zero-order valence-electron chi connectivity index (χ0n) is 16.3. The maximum Gasteiger partial charge on any atom is 0.337 e. The summed E-state index contributed by atoms with van der Waals surface area (Å²) in [5.74, 6) is -0.832. The van der Waals surface area contributed by atoms with Crippen LogP contribution < -0.4 is 5.32 Å². The molecule has 1 aromatic carbocycles. The first-order valence-corrected chi connectivity index (χ1v) is 10.5. The first kappa shape index (κ1) is 20.9. The highest BCUT2D eigenvalue weighted by Gasteiger charge is 2.30. The van der Waals surface area contributed by atoms with E-state index in [1.807, 2.05) is 4.90 Å². The average molecular weight is 413 g/mol. The number of benzene rings is 1. The van der Waals surface area contributed by atoms with E-state index in [1.54, 1.807) is 24.3 Å². The molecule has 8 heteroatoms. The van der Waals surface area contributed by atoms with E-state index in [9.17, 15) is 19.6 Å². The van der Waals surface area contributed by atoms with E-state index < -0.39 is 11.9 Å². The molecular formula is C21H23N3O4S. The quantitative estimate of drug-likeness (QED) is 0.745. The molecule has 1 saturated heterocycles. The van der Waals surface area contributed by atoms with E-state index in [1.165, 1.54) is 18.9 Å². The number of thioether (sulfide) groups is 1. The third-order valence-corrected chi connectivity index (χ3v) is 6.14. The zero-order chi connectivity index (χ0) is 20.8. The van der Waals surface area contributed by atoms with Gasteiger partial charge in [0.1, 0.15) is 0 Å². The van der Waals surface area contributed by atoms with Gasteiger partial charge in [-0.05, 0) is 37.0 Å². The standard InChI is InChI=1S/C21H23N3O4S/c1-28-21(27)15-7-5-14(6-8-15)16-11-18(25)23-20(17(16)12-22)29-13-19(26)24-9-3-2-4-10-24/h5-8,16H,2-4,9-11,13H2,1H3,(H,23,25)/t16-/m0/s1.